The molecule has 0 unspecified atom stereocenters. The third kappa shape index (κ3) is 5.73. The molecule has 0 heterocycles. The molecule has 0 aliphatic rings. The molecule has 1 rings (SSSR count). The number of esters is 2. The molecule has 116 valence electrons. The van der Waals surface area contributed by atoms with Crippen molar-refractivity contribution >= 4 is 27.9 Å². The molecule has 7 heteroatoms. The van der Waals surface area contributed by atoms with Crippen LogP contribution in [0.1, 0.15) is 5.56 Å². The van der Waals surface area contributed by atoms with Gasteiger partial charge in [0.2, 0.25) is 0 Å². The normalized spacial score (nSPS) is 10.3. The van der Waals surface area contributed by atoms with E-state index in [0.717, 1.165) is 10.0 Å². The van der Waals surface area contributed by atoms with Gasteiger partial charge in [-0.2, -0.15) is 0 Å². The predicted molar refractivity (Wildman–Crippen MR) is 80.0 cm³/mol. The Balaban J connectivity index is 2.91. The molecule has 6 nitrogen and oxygen atoms in total. The molecule has 0 aliphatic heterocycles. The molecule has 0 N–H and O–H groups in total. The van der Waals surface area contributed by atoms with E-state index in [1.165, 1.54) is 14.2 Å². The Morgan fingerprint density at radius 3 is 2.14 bits per heavy atom. The molecule has 21 heavy (non-hydrogen) atoms. The van der Waals surface area contributed by atoms with Crippen molar-refractivity contribution in [2.24, 2.45) is 0 Å². The first-order valence-corrected chi connectivity index (χ1v) is 6.97. The van der Waals surface area contributed by atoms with Crippen LogP contribution < -0.4 is 4.74 Å². The summed E-state index contributed by atoms with van der Waals surface area (Å²) in [5, 5.41) is 0. The molecule has 0 bridgehead atoms. The number of halogens is 1. The van der Waals surface area contributed by atoms with Crippen LogP contribution >= 0.6 is 15.9 Å². The lowest BCUT2D eigenvalue weighted by Gasteiger charge is -2.21. The summed E-state index contributed by atoms with van der Waals surface area (Å²) < 4.78 is 15.4. The summed E-state index contributed by atoms with van der Waals surface area (Å²) in [7, 11) is 4.17. The molecule has 1 aromatic carbocycles. The quantitative estimate of drug-likeness (QED) is 0.689. The molecule has 1 aromatic rings. The Morgan fingerprint density at radius 1 is 1.10 bits per heavy atom. The first-order valence-electron chi connectivity index (χ1n) is 6.18. The molecule has 0 fully saturated rings. The zero-order valence-electron chi connectivity index (χ0n) is 12.2. The lowest BCUT2D eigenvalue weighted by atomic mass is 10.2. The van der Waals surface area contributed by atoms with Crippen LogP contribution in [0.3, 0.4) is 0 Å². The third-order valence-electron chi connectivity index (χ3n) is 2.80. The molecular weight excluding hydrogens is 342 g/mol. The predicted octanol–water partition coefficient (Wildman–Crippen LogP) is 1.61. The van der Waals surface area contributed by atoms with E-state index in [1.807, 2.05) is 18.2 Å². The molecule has 0 atom stereocenters. The third-order valence-corrected chi connectivity index (χ3v) is 3.29. The largest absolute Gasteiger partial charge is 0.496 e. The van der Waals surface area contributed by atoms with E-state index in [2.05, 4.69) is 25.4 Å². The van der Waals surface area contributed by atoms with Gasteiger partial charge in [-0.3, -0.25) is 14.5 Å². The molecule has 0 aromatic heterocycles. The lowest BCUT2D eigenvalue weighted by molar-refractivity contribution is -0.145. The average Bonchev–Trinajstić information content (AvgIpc) is 2.47. The monoisotopic (exact) mass is 359 g/mol. The number of hydrogen-bond acceptors (Lipinski definition) is 6. The van der Waals surface area contributed by atoms with Gasteiger partial charge in [-0.1, -0.05) is 15.9 Å². The van der Waals surface area contributed by atoms with Crippen molar-refractivity contribution in [1.82, 2.24) is 4.90 Å². The summed E-state index contributed by atoms with van der Waals surface area (Å²) in [6, 6.07) is 5.54. The van der Waals surface area contributed by atoms with E-state index in [9.17, 15) is 9.59 Å². The van der Waals surface area contributed by atoms with Gasteiger partial charge < -0.3 is 14.2 Å². The summed E-state index contributed by atoms with van der Waals surface area (Å²) in [4.78, 5) is 24.5. The van der Waals surface area contributed by atoms with Crippen molar-refractivity contribution in [3.05, 3.63) is 28.2 Å². The van der Waals surface area contributed by atoms with Crippen molar-refractivity contribution in [3.8, 4) is 5.75 Å². The van der Waals surface area contributed by atoms with Crippen molar-refractivity contribution in [2.45, 2.75) is 6.54 Å². The summed E-state index contributed by atoms with van der Waals surface area (Å²) in [5.74, 6) is -0.168. The van der Waals surface area contributed by atoms with Crippen LogP contribution in [0.5, 0.6) is 5.75 Å². The Morgan fingerprint density at radius 2 is 1.67 bits per heavy atom. The van der Waals surface area contributed by atoms with E-state index in [-0.39, 0.29) is 13.1 Å². The van der Waals surface area contributed by atoms with Gasteiger partial charge in [-0.15, -0.1) is 0 Å². The molecule has 0 saturated carbocycles. The van der Waals surface area contributed by atoms with Crippen LogP contribution in [-0.4, -0.2) is 51.3 Å². The van der Waals surface area contributed by atoms with Crippen molar-refractivity contribution in [1.29, 1.82) is 0 Å². The highest BCUT2D eigenvalue weighted by atomic mass is 79.9. The summed E-state index contributed by atoms with van der Waals surface area (Å²) in [5.41, 5.74) is 0.847. The minimum Gasteiger partial charge on any atom is -0.496 e. The Bertz CT molecular complexity index is 488. The van der Waals surface area contributed by atoms with Gasteiger partial charge in [0.25, 0.3) is 0 Å². The van der Waals surface area contributed by atoms with Crippen LogP contribution in [0.4, 0.5) is 0 Å². The van der Waals surface area contributed by atoms with Crippen molar-refractivity contribution < 1.29 is 23.8 Å². The van der Waals surface area contributed by atoms with E-state index in [1.54, 1.807) is 12.0 Å². The number of benzene rings is 1. The summed E-state index contributed by atoms with van der Waals surface area (Å²) in [6.07, 6.45) is 0. The van der Waals surface area contributed by atoms with Crippen LogP contribution in [-0.2, 0) is 25.6 Å². The number of methoxy groups -OCH3 is 3. The highest BCUT2D eigenvalue weighted by molar-refractivity contribution is 9.10. The Labute approximate surface area is 132 Å². The fraction of sp³-hybridized carbons (Fsp3) is 0.429. The van der Waals surface area contributed by atoms with Crippen LogP contribution in [0, 0.1) is 0 Å². The van der Waals surface area contributed by atoms with E-state index < -0.39 is 11.9 Å². The first-order chi connectivity index (χ1) is 9.99. The number of ether oxygens (including phenoxy) is 3. The second kappa shape index (κ2) is 8.63. The van der Waals surface area contributed by atoms with Gasteiger partial charge >= 0.3 is 11.9 Å². The second-order valence-corrected chi connectivity index (χ2v) is 5.17. The van der Waals surface area contributed by atoms with Crippen molar-refractivity contribution in [2.75, 3.05) is 34.4 Å². The molecule has 0 radical (unpaired) electrons. The second-order valence-electron chi connectivity index (χ2n) is 4.25. The molecule has 0 aliphatic carbocycles. The van der Waals surface area contributed by atoms with Gasteiger partial charge in [-0.05, 0) is 18.2 Å². The Kier molecular flexibility index (Phi) is 7.18. The van der Waals surface area contributed by atoms with Crippen molar-refractivity contribution in [3.63, 3.8) is 0 Å². The minimum atomic E-state index is -0.423. The summed E-state index contributed by atoms with van der Waals surface area (Å²) in [6.45, 7) is 0.329. The maximum absolute atomic E-state index is 11.4. The number of rotatable bonds is 7. The zero-order valence-corrected chi connectivity index (χ0v) is 13.8. The summed E-state index contributed by atoms with van der Waals surface area (Å²) >= 11 is 3.39. The smallest absolute Gasteiger partial charge is 0.319 e. The number of carbonyl (C=O) groups is 2. The zero-order chi connectivity index (χ0) is 15.8. The SMILES string of the molecule is COC(=O)CN(CC(=O)OC)Cc1cc(Br)ccc1OC. The molecule has 0 amide bonds. The highest BCUT2D eigenvalue weighted by Gasteiger charge is 2.17. The maximum atomic E-state index is 11.4. The van der Waals surface area contributed by atoms with Crippen LogP contribution in [0.15, 0.2) is 22.7 Å². The fourth-order valence-electron chi connectivity index (χ4n) is 1.77. The topological polar surface area (TPSA) is 65.1 Å². The van der Waals surface area contributed by atoms with Gasteiger partial charge in [-0.25, -0.2) is 0 Å². The molecule has 0 spiro atoms. The maximum Gasteiger partial charge on any atom is 0.319 e. The van der Waals surface area contributed by atoms with E-state index >= 15 is 0 Å². The first kappa shape index (κ1) is 17.5. The van der Waals surface area contributed by atoms with Crippen LogP contribution in [0.25, 0.3) is 0 Å². The number of nitrogens with zero attached hydrogens (tertiary/aromatic N) is 1. The molecular formula is C14H18BrNO5. The minimum absolute atomic E-state index is 0.0126. The molecule has 0 saturated heterocycles. The number of hydrogen-bond donors (Lipinski definition) is 0. The van der Waals surface area contributed by atoms with Gasteiger partial charge in [0.05, 0.1) is 34.4 Å². The van der Waals surface area contributed by atoms with Gasteiger partial charge in [0.1, 0.15) is 5.75 Å². The highest BCUT2D eigenvalue weighted by Crippen LogP contribution is 2.24. The van der Waals surface area contributed by atoms with E-state index in [0.29, 0.717) is 12.3 Å². The van der Waals surface area contributed by atoms with Crippen LogP contribution in [0.2, 0.25) is 0 Å². The van der Waals surface area contributed by atoms with Gasteiger partial charge in [0.15, 0.2) is 0 Å². The van der Waals surface area contributed by atoms with Gasteiger partial charge in [0, 0.05) is 16.6 Å². The fourth-order valence-corrected chi connectivity index (χ4v) is 2.18. The number of carbonyl (C=O) groups excluding carboxylic acids is 2. The Hall–Kier alpha value is -1.60. The standard InChI is InChI=1S/C14H18BrNO5/c1-19-12-5-4-11(15)6-10(12)7-16(8-13(17)20-2)9-14(18)21-3/h4-6H,7-9H2,1-3H3. The van der Waals surface area contributed by atoms with E-state index in [4.69, 9.17) is 4.74 Å². The lowest BCUT2D eigenvalue weighted by Crippen LogP contribution is -2.35. The average molecular weight is 360 g/mol.